The van der Waals surface area contributed by atoms with Crippen LogP contribution in [0.1, 0.15) is 28.5 Å². The third kappa shape index (κ3) is 2.61. The van der Waals surface area contributed by atoms with Gasteiger partial charge in [0.2, 0.25) is 5.56 Å². The molecule has 0 saturated heterocycles. The van der Waals surface area contributed by atoms with Crippen LogP contribution >= 0.6 is 31.9 Å². The van der Waals surface area contributed by atoms with Gasteiger partial charge < -0.3 is 14.7 Å². The van der Waals surface area contributed by atoms with Gasteiger partial charge in [0.15, 0.2) is 5.78 Å². The van der Waals surface area contributed by atoms with E-state index in [0.29, 0.717) is 31.9 Å². The van der Waals surface area contributed by atoms with Gasteiger partial charge in [0, 0.05) is 36.0 Å². The molecular formula is C17H14Br2N2O3. The number of carbonyl (C=O) groups excluding carboxylic acids is 1. The van der Waals surface area contributed by atoms with Crippen molar-refractivity contribution in [3.63, 3.8) is 0 Å². The molecule has 5 nitrogen and oxygen atoms in total. The van der Waals surface area contributed by atoms with Gasteiger partial charge in [0.25, 0.3) is 0 Å². The molecule has 0 atom stereocenters. The zero-order chi connectivity index (χ0) is 17.6. The molecule has 24 heavy (non-hydrogen) atoms. The van der Waals surface area contributed by atoms with Crippen LogP contribution in [0.15, 0.2) is 38.1 Å². The minimum atomic E-state index is -0.252. The molecule has 0 spiro atoms. The average Bonchev–Trinajstić information content (AvgIpc) is 2.82. The molecule has 0 aliphatic heterocycles. The molecule has 0 radical (unpaired) electrons. The van der Waals surface area contributed by atoms with Crippen molar-refractivity contribution < 1.29 is 9.90 Å². The van der Waals surface area contributed by atoms with E-state index < -0.39 is 0 Å². The van der Waals surface area contributed by atoms with Gasteiger partial charge in [-0.05, 0) is 50.4 Å². The predicted molar refractivity (Wildman–Crippen MR) is 99.9 cm³/mol. The van der Waals surface area contributed by atoms with Crippen LogP contribution < -0.4 is 5.56 Å². The normalized spacial score (nSPS) is 11.2. The van der Waals surface area contributed by atoms with Crippen molar-refractivity contribution in [2.75, 3.05) is 0 Å². The summed E-state index contributed by atoms with van der Waals surface area (Å²) in [5, 5.41) is 10.5. The van der Waals surface area contributed by atoms with Crippen LogP contribution in [0.5, 0.6) is 5.75 Å². The Morgan fingerprint density at radius 1 is 1.25 bits per heavy atom. The first-order valence-electron chi connectivity index (χ1n) is 7.27. The van der Waals surface area contributed by atoms with Crippen LogP contribution in [0.25, 0.3) is 10.9 Å². The fourth-order valence-electron chi connectivity index (χ4n) is 2.92. The van der Waals surface area contributed by atoms with E-state index in [0.717, 1.165) is 11.2 Å². The Labute approximate surface area is 154 Å². The zero-order valence-corrected chi connectivity index (χ0v) is 16.2. The molecule has 3 aromatic rings. The highest BCUT2D eigenvalue weighted by Gasteiger charge is 2.23. The van der Waals surface area contributed by atoms with Gasteiger partial charge in [-0.2, -0.15) is 0 Å². The number of carbonyl (C=O) groups is 1. The second kappa shape index (κ2) is 6.22. The zero-order valence-electron chi connectivity index (χ0n) is 13.0. The van der Waals surface area contributed by atoms with E-state index in [9.17, 15) is 14.7 Å². The molecule has 7 heteroatoms. The molecule has 3 rings (SSSR count). The lowest BCUT2D eigenvalue weighted by Gasteiger charge is -2.07. The molecule has 124 valence electrons. The lowest BCUT2D eigenvalue weighted by Crippen LogP contribution is -2.07. The van der Waals surface area contributed by atoms with Crippen molar-refractivity contribution in [1.82, 2.24) is 9.55 Å². The number of hydrogen-bond donors (Lipinski definition) is 2. The molecule has 0 fully saturated rings. The van der Waals surface area contributed by atoms with Gasteiger partial charge in [0.05, 0.1) is 20.0 Å². The summed E-state index contributed by atoms with van der Waals surface area (Å²) >= 11 is 6.49. The first kappa shape index (κ1) is 17.0. The number of aromatic nitrogens is 2. The molecule has 1 aromatic carbocycles. The minimum absolute atomic E-state index is 0.0385. The van der Waals surface area contributed by atoms with Gasteiger partial charge >= 0.3 is 0 Å². The second-order valence-electron chi connectivity index (χ2n) is 5.45. The van der Waals surface area contributed by atoms with Crippen molar-refractivity contribution in [3.05, 3.63) is 60.5 Å². The molecule has 0 aliphatic rings. The maximum atomic E-state index is 13.1. The highest BCUT2D eigenvalue weighted by Crippen LogP contribution is 2.35. The van der Waals surface area contributed by atoms with Crippen molar-refractivity contribution in [1.29, 1.82) is 0 Å². The first-order valence-corrected chi connectivity index (χ1v) is 8.86. The Balaban J connectivity index is 2.31. The number of nitrogens with one attached hydrogen (secondary N) is 1. The maximum Gasteiger partial charge on any atom is 0.248 e. The van der Waals surface area contributed by atoms with Crippen LogP contribution in [0.3, 0.4) is 0 Å². The number of halogens is 2. The number of phenols is 1. The lowest BCUT2D eigenvalue weighted by molar-refractivity contribution is 0.103. The molecule has 0 bridgehead atoms. The monoisotopic (exact) mass is 452 g/mol. The molecule has 0 aliphatic carbocycles. The number of H-pyrrole nitrogens is 1. The van der Waals surface area contributed by atoms with Gasteiger partial charge in [-0.3, -0.25) is 9.59 Å². The van der Waals surface area contributed by atoms with E-state index >= 15 is 0 Å². The first-order chi connectivity index (χ1) is 11.3. The number of aromatic amines is 1. The van der Waals surface area contributed by atoms with E-state index in [1.54, 1.807) is 18.3 Å². The van der Waals surface area contributed by atoms with E-state index in [1.165, 1.54) is 6.07 Å². The molecule has 0 amide bonds. The summed E-state index contributed by atoms with van der Waals surface area (Å²) in [5.41, 5.74) is 2.35. The lowest BCUT2D eigenvalue weighted by atomic mass is 9.99. The number of aryl methyl sites for hydroxylation is 1. The summed E-state index contributed by atoms with van der Waals surface area (Å²) in [4.78, 5) is 27.5. The summed E-state index contributed by atoms with van der Waals surface area (Å²) in [6, 6.07) is 4.61. The standard InChI is InChI=1S/C17H14Br2N2O3/c1-3-12-15(9-6-14(22)20-7-13(9)21(12)2)16(23)8-4-10(18)17(24)11(19)5-8/h4-7,24H,3H2,1-2H3,(H,20,22). The van der Waals surface area contributed by atoms with Crippen molar-refractivity contribution in [2.24, 2.45) is 7.05 Å². The molecule has 0 unspecified atom stereocenters. The van der Waals surface area contributed by atoms with Gasteiger partial charge in [-0.15, -0.1) is 0 Å². The number of nitrogens with zero attached hydrogens (tertiary/aromatic N) is 1. The third-order valence-electron chi connectivity index (χ3n) is 4.07. The Hall–Kier alpha value is -1.86. The number of aromatic hydroxyl groups is 1. The van der Waals surface area contributed by atoms with Crippen LogP contribution in [-0.2, 0) is 13.5 Å². The quantitative estimate of drug-likeness (QED) is 0.590. The molecule has 2 heterocycles. The Morgan fingerprint density at radius 2 is 1.88 bits per heavy atom. The average molecular weight is 454 g/mol. The van der Waals surface area contributed by atoms with E-state index in [2.05, 4.69) is 36.8 Å². The maximum absolute atomic E-state index is 13.1. The number of rotatable bonds is 3. The number of benzene rings is 1. The number of fused-ring (bicyclic) bond motifs is 1. The van der Waals surface area contributed by atoms with Crippen molar-refractivity contribution >= 4 is 48.5 Å². The highest BCUT2D eigenvalue weighted by molar-refractivity contribution is 9.11. The highest BCUT2D eigenvalue weighted by atomic mass is 79.9. The third-order valence-corrected chi connectivity index (χ3v) is 5.28. The Morgan fingerprint density at radius 3 is 2.46 bits per heavy atom. The smallest absolute Gasteiger partial charge is 0.248 e. The summed E-state index contributed by atoms with van der Waals surface area (Å²) < 4.78 is 2.77. The number of phenolic OH excluding ortho intramolecular Hbond substituents is 1. The summed E-state index contributed by atoms with van der Waals surface area (Å²) in [5.74, 6) is -0.152. The fourth-order valence-corrected chi connectivity index (χ4v) is 4.10. The van der Waals surface area contributed by atoms with Crippen LogP contribution in [0.2, 0.25) is 0 Å². The number of ketones is 1. The summed E-state index contributed by atoms with van der Waals surface area (Å²) in [7, 11) is 1.87. The predicted octanol–water partition coefficient (Wildman–Crippen LogP) is 3.89. The van der Waals surface area contributed by atoms with Gasteiger partial charge in [-0.25, -0.2) is 0 Å². The van der Waals surface area contributed by atoms with Gasteiger partial charge in [0.1, 0.15) is 5.75 Å². The molecule has 0 saturated carbocycles. The van der Waals surface area contributed by atoms with Crippen molar-refractivity contribution in [2.45, 2.75) is 13.3 Å². The van der Waals surface area contributed by atoms with Crippen molar-refractivity contribution in [3.8, 4) is 5.75 Å². The summed E-state index contributed by atoms with van der Waals surface area (Å²) in [6.07, 6.45) is 2.27. The fraction of sp³-hybridized carbons (Fsp3) is 0.176. The molecule has 2 N–H and O–H groups in total. The minimum Gasteiger partial charge on any atom is -0.506 e. The van der Waals surface area contributed by atoms with Crippen LogP contribution in [-0.4, -0.2) is 20.4 Å². The molecule has 2 aromatic heterocycles. The topological polar surface area (TPSA) is 75.1 Å². The SMILES string of the molecule is CCc1c(C(=O)c2cc(Br)c(O)c(Br)c2)c2cc(=O)[nH]cc2n1C. The molecular weight excluding hydrogens is 440 g/mol. The number of hydrogen-bond acceptors (Lipinski definition) is 3. The largest absolute Gasteiger partial charge is 0.506 e. The van der Waals surface area contributed by atoms with Gasteiger partial charge in [-0.1, -0.05) is 6.92 Å². The van der Waals surface area contributed by atoms with Crippen LogP contribution in [0, 0.1) is 0 Å². The Bertz CT molecular complexity index is 1010. The Kier molecular flexibility index (Phi) is 4.40. The van der Waals surface area contributed by atoms with Crippen LogP contribution in [0.4, 0.5) is 0 Å². The van der Waals surface area contributed by atoms with E-state index in [1.807, 2.05) is 18.5 Å². The summed E-state index contributed by atoms with van der Waals surface area (Å²) in [6.45, 7) is 1.97. The van der Waals surface area contributed by atoms with E-state index in [4.69, 9.17) is 0 Å². The second-order valence-corrected chi connectivity index (χ2v) is 7.16. The number of pyridine rings is 1. The van der Waals surface area contributed by atoms with E-state index in [-0.39, 0.29) is 17.1 Å².